The topological polar surface area (TPSA) is 64.4 Å². The fourth-order valence-corrected chi connectivity index (χ4v) is 4.44. The van der Waals surface area contributed by atoms with E-state index in [1.807, 2.05) is 24.3 Å². The number of ether oxygens (including phenoxy) is 1. The summed E-state index contributed by atoms with van der Waals surface area (Å²) in [5, 5.41) is 14.8. The Labute approximate surface area is 205 Å². The van der Waals surface area contributed by atoms with Gasteiger partial charge in [0.25, 0.3) is 6.20 Å². The molecule has 0 saturated carbocycles. The Kier molecular flexibility index (Phi) is 7.31. The van der Waals surface area contributed by atoms with Gasteiger partial charge in [-0.2, -0.15) is 13.2 Å². The van der Waals surface area contributed by atoms with Crippen molar-refractivity contribution in [3.63, 3.8) is 0 Å². The summed E-state index contributed by atoms with van der Waals surface area (Å²) in [6.45, 7) is 0.333. The van der Waals surface area contributed by atoms with Gasteiger partial charge in [0.05, 0.1) is 16.2 Å². The van der Waals surface area contributed by atoms with Crippen LogP contribution in [0.15, 0.2) is 84.7 Å². The third kappa shape index (κ3) is 6.33. The van der Waals surface area contributed by atoms with Crippen LogP contribution in [0.1, 0.15) is 29.0 Å². The zero-order valence-electron chi connectivity index (χ0n) is 18.5. The van der Waals surface area contributed by atoms with Gasteiger partial charge < -0.3 is 10.1 Å². The summed E-state index contributed by atoms with van der Waals surface area (Å²) < 4.78 is 45.5. The number of alkyl halides is 3. The smallest absolute Gasteiger partial charge is 0.416 e. The number of rotatable bonds is 7. The SMILES string of the molecule is O=[N+]([O-])/C=C1\NC[C@H](c2cccc(C(F)(F)F)c2)C1CCc1ccc(Oc2ccc(Cl)cc2)cc1. The lowest BCUT2D eigenvalue weighted by Gasteiger charge is -2.20. The number of allylic oxidation sites excluding steroid dienone is 1. The van der Waals surface area contributed by atoms with Crippen molar-refractivity contribution in [1.82, 2.24) is 5.32 Å². The highest BCUT2D eigenvalue weighted by Crippen LogP contribution is 2.39. The van der Waals surface area contributed by atoms with Crippen LogP contribution >= 0.6 is 11.6 Å². The molecule has 1 aliphatic heterocycles. The molecule has 1 aliphatic rings. The monoisotopic (exact) mass is 502 g/mol. The van der Waals surface area contributed by atoms with Crippen molar-refractivity contribution in [2.75, 3.05) is 6.54 Å². The van der Waals surface area contributed by atoms with Crippen molar-refractivity contribution in [3.05, 3.63) is 117 Å². The van der Waals surface area contributed by atoms with Crippen LogP contribution in [0, 0.1) is 16.0 Å². The van der Waals surface area contributed by atoms with Crippen LogP contribution in [0.3, 0.4) is 0 Å². The minimum atomic E-state index is -4.45. The Morgan fingerprint density at radius 2 is 1.71 bits per heavy atom. The largest absolute Gasteiger partial charge is 0.457 e. The quantitative estimate of drug-likeness (QED) is 0.274. The van der Waals surface area contributed by atoms with Crippen LogP contribution in [0.2, 0.25) is 5.02 Å². The lowest BCUT2D eigenvalue weighted by Crippen LogP contribution is -2.13. The molecule has 35 heavy (non-hydrogen) atoms. The van der Waals surface area contributed by atoms with E-state index in [9.17, 15) is 23.3 Å². The van der Waals surface area contributed by atoms with Crippen molar-refractivity contribution in [2.24, 2.45) is 5.92 Å². The van der Waals surface area contributed by atoms with Gasteiger partial charge in [-0.25, -0.2) is 0 Å². The summed E-state index contributed by atoms with van der Waals surface area (Å²) >= 11 is 5.89. The zero-order chi connectivity index (χ0) is 25.0. The van der Waals surface area contributed by atoms with Crippen LogP contribution in [0.25, 0.3) is 0 Å². The molecular formula is C26H22ClF3N2O3. The van der Waals surface area contributed by atoms with Crippen molar-refractivity contribution < 1.29 is 22.8 Å². The van der Waals surface area contributed by atoms with Gasteiger partial charge in [0.1, 0.15) is 11.5 Å². The van der Waals surface area contributed by atoms with E-state index < -0.39 is 16.7 Å². The maximum absolute atomic E-state index is 13.2. The number of aryl methyl sites for hydroxylation is 1. The molecule has 3 aromatic carbocycles. The molecule has 2 atom stereocenters. The van der Waals surface area contributed by atoms with E-state index >= 15 is 0 Å². The van der Waals surface area contributed by atoms with E-state index in [0.717, 1.165) is 23.9 Å². The molecule has 9 heteroatoms. The number of hydrogen-bond acceptors (Lipinski definition) is 4. The highest BCUT2D eigenvalue weighted by Gasteiger charge is 2.36. The average Bonchev–Trinajstić information content (AvgIpc) is 3.21. The van der Waals surface area contributed by atoms with Gasteiger partial charge >= 0.3 is 6.18 Å². The summed E-state index contributed by atoms with van der Waals surface area (Å²) in [6, 6.07) is 19.7. The molecule has 1 fully saturated rings. The average molecular weight is 503 g/mol. The summed E-state index contributed by atoms with van der Waals surface area (Å²) in [5.41, 5.74) is 1.20. The molecule has 0 bridgehead atoms. The summed E-state index contributed by atoms with van der Waals surface area (Å²) in [6.07, 6.45) is -2.41. The van der Waals surface area contributed by atoms with E-state index in [1.165, 1.54) is 6.07 Å². The van der Waals surface area contributed by atoms with Gasteiger partial charge in [0, 0.05) is 23.4 Å². The molecule has 182 valence electrons. The molecule has 1 saturated heterocycles. The third-order valence-corrected chi connectivity index (χ3v) is 6.27. The van der Waals surface area contributed by atoms with Crippen LogP contribution in [-0.4, -0.2) is 11.5 Å². The number of nitrogens with one attached hydrogen (secondary N) is 1. The van der Waals surface area contributed by atoms with E-state index in [1.54, 1.807) is 30.3 Å². The molecule has 1 unspecified atom stereocenters. The number of halogens is 4. The van der Waals surface area contributed by atoms with Gasteiger partial charge in [0.2, 0.25) is 0 Å². The predicted octanol–water partition coefficient (Wildman–Crippen LogP) is 7.21. The first-order valence-corrected chi connectivity index (χ1v) is 11.4. The lowest BCUT2D eigenvalue weighted by atomic mass is 9.83. The predicted molar refractivity (Wildman–Crippen MR) is 127 cm³/mol. The molecule has 4 rings (SSSR count). The Morgan fingerprint density at radius 1 is 1.06 bits per heavy atom. The van der Waals surface area contributed by atoms with Crippen LogP contribution in [0.5, 0.6) is 11.5 Å². The van der Waals surface area contributed by atoms with Crippen LogP contribution < -0.4 is 10.1 Å². The second kappa shape index (κ2) is 10.4. The molecule has 0 spiro atoms. The van der Waals surface area contributed by atoms with Crippen molar-refractivity contribution in [1.29, 1.82) is 0 Å². The van der Waals surface area contributed by atoms with E-state index in [2.05, 4.69) is 5.32 Å². The number of nitrogens with zero attached hydrogens (tertiary/aromatic N) is 1. The van der Waals surface area contributed by atoms with Crippen molar-refractivity contribution in [2.45, 2.75) is 24.9 Å². The third-order valence-electron chi connectivity index (χ3n) is 6.01. The molecule has 3 aromatic rings. The molecule has 0 radical (unpaired) electrons. The Hall–Kier alpha value is -3.52. The number of hydrogen-bond donors (Lipinski definition) is 1. The highest BCUT2D eigenvalue weighted by molar-refractivity contribution is 6.30. The molecule has 0 aromatic heterocycles. The molecule has 5 nitrogen and oxygen atoms in total. The molecule has 1 heterocycles. The van der Waals surface area contributed by atoms with Gasteiger partial charge in [0.15, 0.2) is 0 Å². The lowest BCUT2D eigenvalue weighted by molar-refractivity contribution is -0.404. The summed E-state index contributed by atoms with van der Waals surface area (Å²) in [7, 11) is 0. The number of nitro groups is 1. The fraction of sp³-hybridized carbons (Fsp3) is 0.231. The standard InChI is InChI=1S/C26H22ClF3N2O3/c27-20-7-11-22(12-8-20)35-21-9-4-17(5-10-21)6-13-23-24(15-31-25(23)16-32(33)34)18-2-1-3-19(14-18)26(28,29)30/h1-5,7-12,14,16,23-24,31H,6,13,15H2/b25-16-/t23?,24-/m1/s1. The minimum Gasteiger partial charge on any atom is -0.457 e. The van der Waals surface area contributed by atoms with Gasteiger partial charge in [-0.1, -0.05) is 41.9 Å². The first-order valence-electron chi connectivity index (χ1n) is 11.0. The minimum absolute atomic E-state index is 0.309. The second-order valence-corrected chi connectivity index (χ2v) is 8.76. The van der Waals surface area contributed by atoms with E-state index in [-0.39, 0.29) is 11.8 Å². The Bertz CT molecular complexity index is 1210. The van der Waals surface area contributed by atoms with Crippen LogP contribution in [-0.2, 0) is 12.6 Å². The molecule has 0 amide bonds. The number of benzene rings is 3. The van der Waals surface area contributed by atoms with Crippen molar-refractivity contribution in [3.8, 4) is 11.5 Å². The van der Waals surface area contributed by atoms with Gasteiger partial charge in [-0.05, 0) is 66.4 Å². The second-order valence-electron chi connectivity index (χ2n) is 8.33. The summed E-state index contributed by atoms with van der Waals surface area (Å²) in [5.74, 6) is 0.678. The fourth-order valence-electron chi connectivity index (χ4n) is 4.31. The van der Waals surface area contributed by atoms with Crippen LogP contribution in [0.4, 0.5) is 13.2 Å². The first kappa shape index (κ1) is 24.6. The van der Waals surface area contributed by atoms with E-state index in [4.69, 9.17) is 16.3 Å². The van der Waals surface area contributed by atoms with Gasteiger partial charge in [-0.3, -0.25) is 10.1 Å². The summed E-state index contributed by atoms with van der Waals surface area (Å²) in [4.78, 5) is 10.6. The zero-order valence-corrected chi connectivity index (χ0v) is 19.2. The normalized spacial score (nSPS) is 18.9. The molecule has 0 aliphatic carbocycles. The highest BCUT2D eigenvalue weighted by atomic mass is 35.5. The molecular weight excluding hydrogens is 481 g/mol. The Morgan fingerprint density at radius 3 is 2.34 bits per heavy atom. The molecule has 1 N–H and O–H groups in total. The van der Waals surface area contributed by atoms with Gasteiger partial charge in [-0.15, -0.1) is 0 Å². The maximum atomic E-state index is 13.2. The Balaban J connectivity index is 1.48. The first-order chi connectivity index (χ1) is 16.7. The maximum Gasteiger partial charge on any atom is 0.416 e. The van der Waals surface area contributed by atoms with E-state index in [0.29, 0.717) is 47.2 Å². The van der Waals surface area contributed by atoms with Crippen molar-refractivity contribution >= 4 is 11.6 Å².